The average Bonchev–Trinajstić information content (AvgIpc) is 2.11. The molecule has 76 valence electrons. The maximum Gasteiger partial charge on any atom is 0.262 e. The molecule has 0 heterocycles. The smallest absolute Gasteiger partial charge is 0.262 e. The van der Waals surface area contributed by atoms with Gasteiger partial charge >= 0.3 is 0 Å². The highest BCUT2D eigenvalue weighted by molar-refractivity contribution is 5.91. The van der Waals surface area contributed by atoms with Gasteiger partial charge < -0.3 is 0 Å². The lowest BCUT2D eigenvalue weighted by atomic mass is 10.3. The van der Waals surface area contributed by atoms with Crippen LogP contribution in [0.5, 0.6) is 0 Å². The van der Waals surface area contributed by atoms with Crippen molar-refractivity contribution in [2.45, 2.75) is 33.6 Å². The molecule has 0 aliphatic carbocycles. The summed E-state index contributed by atoms with van der Waals surface area (Å²) in [5.41, 5.74) is 3.66. The van der Waals surface area contributed by atoms with E-state index >= 15 is 0 Å². The molecule has 0 aromatic heterocycles. The number of carbonyl (C=O) groups excluding carboxylic acids is 1. The van der Waals surface area contributed by atoms with Crippen LogP contribution >= 0.6 is 0 Å². The number of amides is 1. The van der Waals surface area contributed by atoms with E-state index in [2.05, 4.69) is 18.9 Å². The molecule has 3 heteroatoms. The molecule has 0 saturated carbocycles. The van der Waals surface area contributed by atoms with E-state index in [1.54, 1.807) is 11.9 Å². The molecule has 0 saturated heterocycles. The molecule has 0 bridgehead atoms. The topological polar surface area (TPSA) is 32.3 Å². The molecule has 13 heavy (non-hydrogen) atoms. The Hall–Kier alpha value is -0.830. The summed E-state index contributed by atoms with van der Waals surface area (Å²) in [6.45, 7) is 11.1. The Morgan fingerprint density at radius 1 is 1.38 bits per heavy atom. The van der Waals surface area contributed by atoms with Crippen molar-refractivity contribution < 1.29 is 4.79 Å². The number of nitrogens with one attached hydrogen (secondary N) is 1. The number of carbonyl (C=O) groups is 1. The summed E-state index contributed by atoms with van der Waals surface area (Å²) in [4.78, 5) is 11.5. The van der Waals surface area contributed by atoms with Crippen LogP contribution in [-0.2, 0) is 4.79 Å². The minimum atomic E-state index is -0.00435. The first-order chi connectivity index (χ1) is 6.13. The van der Waals surface area contributed by atoms with Crippen LogP contribution in [-0.4, -0.2) is 24.0 Å². The highest BCUT2D eigenvalue weighted by Crippen LogP contribution is 1.96. The van der Waals surface area contributed by atoms with Crippen molar-refractivity contribution in [2.75, 3.05) is 13.1 Å². The van der Waals surface area contributed by atoms with Gasteiger partial charge in [0.15, 0.2) is 0 Å². The summed E-state index contributed by atoms with van der Waals surface area (Å²) in [6.07, 6.45) is 1.97. The van der Waals surface area contributed by atoms with E-state index in [0.717, 1.165) is 25.9 Å². The molecule has 0 rings (SSSR count). The second kappa shape index (κ2) is 6.66. The van der Waals surface area contributed by atoms with Crippen LogP contribution in [0, 0.1) is 0 Å². The minimum absolute atomic E-state index is 0.00435. The average molecular weight is 184 g/mol. The fourth-order valence-corrected chi connectivity index (χ4v) is 0.953. The van der Waals surface area contributed by atoms with Crippen molar-refractivity contribution >= 4 is 5.91 Å². The van der Waals surface area contributed by atoms with Gasteiger partial charge in [0.25, 0.3) is 5.91 Å². The second-order valence-corrected chi connectivity index (χ2v) is 3.15. The lowest BCUT2D eigenvalue weighted by Gasteiger charge is -2.22. The Balaban J connectivity index is 4.06. The largest absolute Gasteiger partial charge is 0.274 e. The predicted molar refractivity (Wildman–Crippen MR) is 55.1 cm³/mol. The van der Waals surface area contributed by atoms with Crippen molar-refractivity contribution in [3.05, 3.63) is 12.2 Å². The Morgan fingerprint density at radius 3 is 2.38 bits per heavy atom. The normalized spacial score (nSPS) is 9.77. The van der Waals surface area contributed by atoms with Crippen molar-refractivity contribution in [3.8, 4) is 0 Å². The number of nitrogens with zero attached hydrogens (tertiary/aromatic N) is 1. The van der Waals surface area contributed by atoms with Gasteiger partial charge in [0.05, 0.1) is 0 Å². The fraction of sp³-hybridized carbons (Fsp3) is 0.700. The van der Waals surface area contributed by atoms with Gasteiger partial charge in [-0.25, -0.2) is 5.43 Å². The summed E-state index contributed by atoms with van der Waals surface area (Å²) in [7, 11) is 0. The molecule has 0 aliphatic heterocycles. The monoisotopic (exact) mass is 184 g/mol. The van der Waals surface area contributed by atoms with E-state index < -0.39 is 0 Å². The van der Waals surface area contributed by atoms with Crippen LogP contribution in [0.2, 0.25) is 0 Å². The summed E-state index contributed by atoms with van der Waals surface area (Å²) in [5.74, 6) is -0.00435. The molecule has 0 unspecified atom stereocenters. The molecule has 0 aromatic carbocycles. The molecule has 0 atom stereocenters. The van der Waals surface area contributed by atoms with Crippen LogP contribution in [0.15, 0.2) is 12.2 Å². The van der Waals surface area contributed by atoms with Gasteiger partial charge in [-0.2, -0.15) is 0 Å². The van der Waals surface area contributed by atoms with Crippen LogP contribution in [0.3, 0.4) is 0 Å². The number of hydrazine groups is 1. The van der Waals surface area contributed by atoms with E-state index in [9.17, 15) is 4.79 Å². The lowest BCUT2D eigenvalue weighted by molar-refractivity contribution is -0.130. The van der Waals surface area contributed by atoms with Crippen LogP contribution in [0.4, 0.5) is 0 Å². The molecule has 3 nitrogen and oxygen atoms in total. The van der Waals surface area contributed by atoms with Crippen molar-refractivity contribution in [3.63, 3.8) is 0 Å². The van der Waals surface area contributed by atoms with E-state index in [4.69, 9.17) is 0 Å². The third-order valence-corrected chi connectivity index (χ3v) is 1.61. The predicted octanol–water partition coefficient (Wildman–Crippen LogP) is 1.72. The zero-order valence-electron chi connectivity index (χ0n) is 8.89. The lowest BCUT2D eigenvalue weighted by Crippen LogP contribution is -2.43. The third kappa shape index (κ3) is 4.68. The van der Waals surface area contributed by atoms with Gasteiger partial charge in [-0.3, -0.25) is 9.80 Å². The Labute approximate surface area is 80.8 Å². The number of hydrogen-bond acceptors (Lipinski definition) is 2. The van der Waals surface area contributed by atoms with E-state index in [1.165, 1.54) is 0 Å². The number of hydrogen-bond donors (Lipinski definition) is 1. The molecule has 1 amide bonds. The summed E-state index contributed by atoms with van der Waals surface area (Å²) in [6, 6.07) is 0. The van der Waals surface area contributed by atoms with Gasteiger partial charge in [0, 0.05) is 18.7 Å². The highest BCUT2D eigenvalue weighted by atomic mass is 16.2. The quantitative estimate of drug-likeness (QED) is 0.503. The van der Waals surface area contributed by atoms with Gasteiger partial charge in [-0.15, -0.1) is 0 Å². The zero-order chi connectivity index (χ0) is 10.3. The summed E-state index contributed by atoms with van der Waals surface area (Å²) >= 11 is 0. The van der Waals surface area contributed by atoms with Gasteiger partial charge in [0.1, 0.15) is 0 Å². The summed E-state index contributed by atoms with van der Waals surface area (Å²) < 4.78 is 0. The fourth-order valence-electron chi connectivity index (χ4n) is 0.953. The standard InChI is InChI=1S/C10H20N2O/c1-5-7-11-12(8-6-2)10(13)9(3)4/h11H,3,5-8H2,1-2,4H3. The van der Waals surface area contributed by atoms with Crippen molar-refractivity contribution in [1.29, 1.82) is 0 Å². The minimum Gasteiger partial charge on any atom is -0.274 e. The first-order valence-corrected chi connectivity index (χ1v) is 4.84. The van der Waals surface area contributed by atoms with Gasteiger partial charge in [0.2, 0.25) is 0 Å². The maximum absolute atomic E-state index is 11.5. The van der Waals surface area contributed by atoms with Crippen molar-refractivity contribution in [2.24, 2.45) is 0 Å². The Bertz CT molecular complexity index is 178. The first kappa shape index (κ1) is 12.2. The Kier molecular flexibility index (Phi) is 6.24. The molecule has 0 fully saturated rings. The van der Waals surface area contributed by atoms with E-state index in [0.29, 0.717) is 5.57 Å². The van der Waals surface area contributed by atoms with E-state index in [1.807, 2.05) is 6.92 Å². The van der Waals surface area contributed by atoms with Crippen LogP contribution in [0.25, 0.3) is 0 Å². The molecule has 0 aromatic rings. The molecule has 0 spiro atoms. The third-order valence-electron chi connectivity index (χ3n) is 1.61. The first-order valence-electron chi connectivity index (χ1n) is 4.84. The SMILES string of the molecule is C=C(C)C(=O)N(CCC)NCCC. The number of rotatable bonds is 6. The molecule has 1 N–H and O–H groups in total. The second-order valence-electron chi connectivity index (χ2n) is 3.15. The molecule has 0 aliphatic rings. The molecular weight excluding hydrogens is 164 g/mol. The van der Waals surface area contributed by atoms with Crippen molar-refractivity contribution in [1.82, 2.24) is 10.4 Å². The maximum atomic E-state index is 11.5. The highest BCUT2D eigenvalue weighted by Gasteiger charge is 2.11. The molecule has 0 radical (unpaired) electrons. The summed E-state index contributed by atoms with van der Waals surface area (Å²) in [5, 5.41) is 1.64. The zero-order valence-corrected chi connectivity index (χ0v) is 8.89. The van der Waals surface area contributed by atoms with Gasteiger partial charge in [-0.1, -0.05) is 20.4 Å². The van der Waals surface area contributed by atoms with E-state index in [-0.39, 0.29) is 5.91 Å². The Morgan fingerprint density at radius 2 is 2.00 bits per heavy atom. The molecular formula is C10H20N2O. The van der Waals surface area contributed by atoms with Crippen LogP contribution in [0.1, 0.15) is 33.6 Å². The van der Waals surface area contributed by atoms with Gasteiger partial charge in [-0.05, 0) is 19.8 Å². The van der Waals surface area contributed by atoms with Crippen LogP contribution < -0.4 is 5.43 Å².